The van der Waals surface area contributed by atoms with Crippen molar-refractivity contribution in [3.63, 3.8) is 0 Å². The van der Waals surface area contributed by atoms with Crippen LogP contribution in [-0.2, 0) is 0 Å². The number of pyridine rings is 1. The molecular formula is C9H9N5O2S. The van der Waals surface area contributed by atoms with Crippen molar-refractivity contribution in [1.82, 2.24) is 15.2 Å². The Kier molecular flexibility index (Phi) is 3.15. The fourth-order valence-electron chi connectivity index (χ4n) is 1.18. The maximum absolute atomic E-state index is 11.9. The summed E-state index contributed by atoms with van der Waals surface area (Å²) in [6, 6.07) is 1.55. The van der Waals surface area contributed by atoms with Gasteiger partial charge in [0.05, 0.1) is 18.9 Å². The van der Waals surface area contributed by atoms with Gasteiger partial charge < -0.3 is 10.5 Å². The molecule has 2 aromatic rings. The van der Waals surface area contributed by atoms with Crippen LogP contribution in [0, 0.1) is 0 Å². The predicted molar refractivity (Wildman–Crippen MR) is 63.1 cm³/mol. The number of amides is 1. The Balaban J connectivity index is 2.20. The van der Waals surface area contributed by atoms with Crippen LogP contribution in [-0.4, -0.2) is 28.2 Å². The molecule has 17 heavy (non-hydrogen) atoms. The molecule has 2 rings (SSSR count). The number of ether oxygens (including phenoxy) is 1. The highest BCUT2D eigenvalue weighted by Gasteiger charge is 2.13. The van der Waals surface area contributed by atoms with Gasteiger partial charge in [0.15, 0.2) is 0 Å². The molecule has 0 aliphatic rings. The molecule has 0 aliphatic heterocycles. The van der Waals surface area contributed by atoms with Gasteiger partial charge in [0.25, 0.3) is 5.91 Å². The molecule has 0 saturated heterocycles. The van der Waals surface area contributed by atoms with Gasteiger partial charge in [-0.05, 0) is 6.07 Å². The number of nitrogens with one attached hydrogen (secondary N) is 1. The van der Waals surface area contributed by atoms with Crippen molar-refractivity contribution >= 4 is 27.5 Å². The van der Waals surface area contributed by atoms with E-state index in [1.54, 1.807) is 6.07 Å². The van der Waals surface area contributed by atoms with E-state index in [4.69, 9.17) is 10.5 Å². The number of anilines is 2. The Morgan fingerprint density at radius 3 is 3.00 bits per heavy atom. The number of nitrogen functional groups attached to an aromatic ring is 1. The van der Waals surface area contributed by atoms with Crippen LogP contribution in [0.15, 0.2) is 18.5 Å². The van der Waals surface area contributed by atoms with Crippen LogP contribution in [0.3, 0.4) is 0 Å². The molecule has 0 unspecified atom stereocenters. The van der Waals surface area contributed by atoms with Crippen molar-refractivity contribution in [1.29, 1.82) is 0 Å². The maximum atomic E-state index is 11.9. The van der Waals surface area contributed by atoms with E-state index in [9.17, 15) is 4.79 Å². The van der Waals surface area contributed by atoms with Crippen LogP contribution in [0.1, 0.15) is 10.4 Å². The molecule has 3 N–H and O–H groups in total. The molecule has 0 radical (unpaired) electrons. The van der Waals surface area contributed by atoms with Gasteiger partial charge in [-0.1, -0.05) is 11.3 Å². The van der Waals surface area contributed by atoms with Crippen molar-refractivity contribution in [3.8, 4) is 5.75 Å². The van der Waals surface area contributed by atoms with Crippen molar-refractivity contribution < 1.29 is 9.53 Å². The zero-order valence-electron chi connectivity index (χ0n) is 8.88. The smallest absolute Gasteiger partial charge is 0.261 e. The average Bonchev–Trinajstić information content (AvgIpc) is 2.74. The van der Waals surface area contributed by atoms with Gasteiger partial charge in [0.1, 0.15) is 5.75 Å². The van der Waals surface area contributed by atoms with Crippen molar-refractivity contribution in [2.24, 2.45) is 0 Å². The Bertz CT molecular complexity index is 542. The lowest BCUT2D eigenvalue weighted by atomic mass is 10.2. The zero-order chi connectivity index (χ0) is 12.3. The fourth-order valence-corrected chi connectivity index (χ4v) is 1.68. The average molecular weight is 251 g/mol. The Morgan fingerprint density at radius 2 is 2.35 bits per heavy atom. The summed E-state index contributed by atoms with van der Waals surface area (Å²) in [5.74, 6) is 0.0443. The molecule has 0 atom stereocenters. The largest absolute Gasteiger partial charge is 0.494 e. The normalized spacial score (nSPS) is 9.94. The van der Waals surface area contributed by atoms with Crippen LogP contribution < -0.4 is 15.8 Å². The van der Waals surface area contributed by atoms with E-state index in [-0.39, 0.29) is 5.91 Å². The quantitative estimate of drug-likeness (QED) is 0.835. The van der Waals surface area contributed by atoms with E-state index >= 15 is 0 Å². The first kappa shape index (κ1) is 11.3. The summed E-state index contributed by atoms with van der Waals surface area (Å²) in [5.41, 5.74) is 5.78. The van der Waals surface area contributed by atoms with Gasteiger partial charge in [0, 0.05) is 6.20 Å². The van der Waals surface area contributed by atoms with E-state index in [2.05, 4.69) is 20.5 Å². The molecule has 0 fully saturated rings. The van der Waals surface area contributed by atoms with Crippen LogP contribution in [0.4, 0.5) is 10.3 Å². The maximum Gasteiger partial charge on any atom is 0.261 e. The SMILES string of the molecule is COc1cnccc1C(=O)Nc1nnc(N)s1. The Morgan fingerprint density at radius 1 is 1.53 bits per heavy atom. The molecule has 8 heteroatoms. The van der Waals surface area contributed by atoms with Gasteiger partial charge in [0.2, 0.25) is 10.3 Å². The van der Waals surface area contributed by atoms with Crippen molar-refractivity contribution in [2.75, 3.05) is 18.2 Å². The summed E-state index contributed by atoms with van der Waals surface area (Å²) in [6.45, 7) is 0. The Hall–Kier alpha value is -2.22. The zero-order valence-corrected chi connectivity index (χ0v) is 9.69. The number of hydrogen-bond donors (Lipinski definition) is 2. The van der Waals surface area contributed by atoms with Crippen LogP contribution in [0.25, 0.3) is 0 Å². The molecule has 0 aliphatic carbocycles. The molecule has 0 aromatic carbocycles. The summed E-state index contributed by atoms with van der Waals surface area (Å²) in [6.07, 6.45) is 2.97. The Labute approximate surface area is 101 Å². The molecule has 88 valence electrons. The molecule has 0 bridgehead atoms. The number of hydrogen-bond acceptors (Lipinski definition) is 7. The number of methoxy groups -OCH3 is 1. The summed E-state index contributed by atoms with van der Waals surface area (Å²) in [7, 11) is 1.47. The highest BCUT2D eigenvalue weighted by molar-refractivity contribution is 7.19. The second-order valence-electron chi connectivity index (χ2n) is 2.98. The molecule has 0 saturated carbocycles. The summed E-state index contributed by atoms with van der Waals surface area (Å²) in [5, 5.41) is 10.5. The minimum Gasteiger partial charge on any atom is -0.494 e. The van der Waals surface area contributed by atoms with E-state index in [1.165, 1.54) is 19.5 Å². The summed E-state index contributed by atoms with van der Waals surface area (Å²) < 4.78 is 5.03. The molecule has 7 nitrogen and oxygen atoms in total. The molecule has 2 aromatic heterocycles. The third-order valence-corrected chi connectivity index (χ3v) is 2.58. The third kappa shape index (κ3) is 2.48. The molecule has 2 heterocycles. The van der Waals surface area contributed by atoms with Crippen molar-refractivity contribution in [3.05, 3.63) is 24.0 Å². The van der Waals surface area contributed by atoms with Crippen LogP contribution in [0.2, 0.25) is 0 Å². The van der Waals surface area contributed by atoms with Gasteiger partial charge in [-0.15, -0.1) is 10.2 Å². The molecule has 0 spiro atoms. The van der Waals surface area contributed by atoms with Crippen LogP contribution >= 0.6 is 11.3 Å². The lowest BCUT2D eigenvalue weighted by Crippen LogP contribution is -2.13. The van der Waals surface area contributed by atoms with Gasteiger partial charge in [-0.3, -0.25) is 15.1 Å². The minimum absolute atomic E-state index is 0.294. The van der Waals surface area contributed by atoms with Gasteiger partial charge >= 0.3 is 0 Å². The lowest BCUT2D eigenvalue weighted by molar-refractivity contribution is 0.102. The van der Waals surface area contributed by atoms with E-state index < -0.39 is 0 Å². The number of carbonyl (C=O) groups is 1. The first-order chi connectivity index (χ1) is 8.20. The van der Waals surface area contributed by atoms with Crippen molar-refractivity contribution in [2.45, 2.75) is 0 Å². The van der Waals surface area contributed by atoms with E-state index in [1.807, 2.05) is 0 Å². The van der Waals surface area contributed by atoms with E-state index in [0.29, 0.717) is 21.6 Å². The fraction of sp³-hybridized carbons (Fsp3) is 0.111. The number of nitrogens with two attached hydrogens (primary N) is 1. The van der Waals surface area contributed by atoms with Crippen LogP contribution in [0.5, 0.6) is 5.75 Å². The number of nitrogens with zero attached hydrogens (tertiary/aromatic N) is 3. The third-order valence-electron chi connectivity index (χ3n) is 1.91. The second-order valence-corrected chi connectivity index (χ2v) is 3.98. The first-order valence-corrected chi connectivity index (χ1v) is 5.40. The molecular weight excluding hydrogens is 242 g/mol. The number of rotatable bonds is 3. The standard InChI is InChI=1S/C9H9N5O2S/c1-16-6-4-11-3-2-5(6)7(15)12-9-14-13-8(10)17-9/h2-4H,1H3,(H2,10,13)(H,12,14,15). The predicted octanol–water partition coefficient (Wildman–Crippen LogP) is 0.776. The highest BCUT2D eigenvalue weighted by atomic mass is 32.1. The minimum atomic E-state index is -0.347. The topological polar surface area (TPSA) is 103 Å². The second kappa shape index (κ2) is 4.74. The van der Waals surface area contributed by atoms with Gasteiger partial charge in [-0.2, -0.15) is 0 Å². The van der Waals surface area contributed by atoms with E-state index in [0.717, 1.165) is 11.3 Å². The first-order valence-electron chi connectivity index (χ1n) is 4.59. The van der Waals surface area contributed by atoms with Gasteiger partial charge in [-0.25, -0.2) is 0 Å². The monoisotopic (exact) mass is 251 g/mol. The highest BCUT2D eigenvalue weighted by Crippen LogP contribution is 2.20. The molecule has 1 amide bonds. The summed E-state index contributed by atoms with van der Waals surface area (Å²) >= 11 is 1.09. The number of aromatic nitrogens is 3. The number of carbonyl (C=O) groups excluding carboxylic acids is 1. The summed E-state index contributed by atoms with van der Waals surface area (Å²) in [4.78, 5) is 15.7. The lowest BCUT2D eigenvalue weighted by Gasteiger charge is -2.05.